The fourth-order valence-electron chi connectivity index (χ4n) is 6.28. The molecule has 0 radical (unpaired) electrons. The summed E-state index contributed by atoms with van der Waals surface area (Å²) < 4.78 is 44.4. The molecule has 0 aromatic carbocycles. The third kappa shape index (κ3) is 27.2. The monoisotopic (exact) mass is 834 g/mol. The number of hydrogen-bond donors (Lipinski definition) is 1. The Balaban J connectivity index is 1.53. The van der Waals surface area contributed by atoms with E-state index in [2.05, 4.69) is 54.1 Å². The second-order valence-electron chi connectivity index (χ2n) is 14.5. The quantitative estimate of drug-likeness (QED) is 0.0161. The Kier molecular flexibility index (Phi) is 28.2. The van der Waals surface area contributed by atoms with Crippen molar-refractivity contribution in [2.24, 2.45) is 0 Å². The van der Waals surface area contributed by atoms with Gasteiger partial charge in [0.1, 0.15) is 6.61 Å². The molecule has 10 nitrogen and oxygen atoms in total. The lowest BCUT2D eigenvalue weighted by molar-refractivity contribution is -0.161. The molecular formula is C41H72BrO10P. The summed E-state index contributed by atoms with van der Waals surface area (Å²) in [4.78, 5) is 34.9. The number of unbranched alkanes of at least 4 members (excludes halogenated alkanes) is 14. The SMILES string of the molecule is CCCCCC1OC1C/C=C/CCCCCCCC(=O)OCC(COP(=O)(O)OCCBr)OC(=O)CCCCCCC/C=C/CC1OC1CCCCC. The molecule has 0 spiro atoms. The minimum atomic E-state index is -4.34. The van der Waals surface area contributed by atoms with E-state index < -0.39 is 32.5 Å². The summed E-state index contributed by atoms with van der Waals surface area (Å²) in [6, 6.07) is 0. The number of epoxide rings is 2. The number of allylic oxidation sites excluding steroid dienone is 2. The first-order valence-electron chi connectivity index (χ1n) is 20.9. The highest BCUT2D eigenvalue weighted by atomic mass is 79.9. The standard InChI is InChI=1S/C41H72BrO10P/c1-3-5-19-25-36-38(51-36)27-21-15-11-7-9-13-17-23-29-40(43)47-33-35(34-49-53(45,46)48-32-31-42)50-41(44)30-24-18-14-10-8-12-16-22-28-39-37(52-39)26-20-6-4-2/h15-16,21-22,35-39H,3-14,17-20,23-34H2,1-2H3,(H,45,46)/b21-15+,22-16+. The lowest BCUT2D eigenvalue weighted by Crippen LogP contribution is -2.29. The van der Waals surface area contributed by atoms with Gasteiger partial charge < -0.3 is 23.8 Å². The van der Waals surface area contributed by atoms with E-state index in [1.165, 1.54) is 51.4 Å². The summed E-state index contributed by atoms with van der Waals surface area (Å²) >= 11 is 3.13. The van der Waals surface area contributed by atoms with Crippen LogP contribution in [0.5, 0.6) is 0 Å². The normalized spacial score (nSPS) is 21.2. The maximum atomic E-state index is 12.6. The van der Waals surface area contributed by atoms with Crippen LogP contribution >= 0.6 is 23.8 Å². The Bertz CT molecular complexity index is 1060. The molecule has 2 heterocycles. The molecule has 0 saturated carbocycles. The maximum absolute atomic E-state index is 12.6. The average molecular weight is 836 g/mol. The molecule has 0 aliphatic carbocycles. The third-order valence-corrected chi connectivity index (χ3v) is 10.9. The van der Waals surface area contributed by atoms with E-state index in [-0.39, 0.29) is 26.1 Å². The fourth-order valence-corrected chi connectivity index (χ4v) is 7.44. The summed E-state index contributed by atoms with van der Waals surface area (Å²) in [7, 11) is -4.34. The van der Waals surface area contributed by atoms with E-state index in [0.717, 1.165) is 77.0 Å². The van der Waals surface area contributed by atoms with Crippen LogP contribution in [0.2, 0.25) is 0 Å². The number of halogens is 1. The summed E-state index contributed by atoms with van der Waals surface area (Å²) in [5.41, 5.74) is 0. The Hall–Kier alpha value is -1.07. The van der Waals surface area contributed by atoms with E-state index in [1.807, 2.05) is 0 Å². The van der Waals surface area contributed by atoms with E-state index in [0.29, 0.717) is 42.6 Å². The summed E-state index contributed by atoms with van der Waals surface area (Å²) in [6.07, 6.45) is 34.2. The highest BCUT2D eigenvalue weighted by Crippen LogP contribution is 2.43. The molecule has 0 aromatic heterocycles. The van der Waals surface area contributed by atoms with Crippen molar-refractivity contribution in [1.29, 1.82) is 0 Å². The van der Waals surface area contributed by atoms with Crippen molar-refractivity contribution in [3.8, 4) is 0 Å². The molecular weight excluding hydrogens is 763 g/mol. The lowest BCUT2D eigenvalue weighted by Gasteiger charge is -2.19. The molecule has 2 aliphatic rings. The first kappa shape index (κ1) is 48.1. The minimum absolute atomic E-state index is 0.0231. The molecule has 2 fully saturated rings. The van der Waals surface area contributed by atoms with Crippen molar-refractivity contribution in [2.45, 2.75) is 198 Å². The molecule has 6 unspecified atom stereocenters. The van der Waals surface area contributed by atoms with Crippen LogP contribution in [-0.2, 0) is 42.1 Å². The van der Waals surface area contributed by atoms with E-state index in [1.54, 1.807) is 0 Å². The van der Waals surface area contributed by atoms with Crippen LogP contribution in [0.25, 0.3) is 0 Å². The van der Waals surface area contributed by atoms with Crippen molar-refractivity contribution in [3.63, 3.8) is 0 Å². The van der Waals surface area contributed by atoms with Gasteiger partial charge in [0.15, 0.2) is 6.10 Å². The van der Waals surface area contributed by atoms with Crippen molar-refractivity contribution >= 4 is 35.7 Å². The van der Waals surface area contributed by atoms with Gasteiger partial charge in [-0.1, -0.05) is 131 Å². The number of esters is 2. The van der Waals surface area contributed by atoms with Gasteiger partial charge in [-0.25, -0.2) is 4.57 Å². The molecule has 53 heavy (non-hydrogen) atoms. The summed E-state index contributed by atoms with van der Waals surface area (Å²) in [5.74, 6) is -0.848. The minimum Gasteiger partial charge on any atom is -0.462 e. The Morgan fingerprint density at radius 2 is 1.17 bits per heavy atom. The number of rotatable bonds is 37. The molecule has 6 atom stereocenters. The molecule has 1 N–H and O–H groups in total. The second kappa shape index (κ2) is 31.1. The van der Waals surface area contributed by atoms with Crippen LogP contribution in [0, 0.1) is 0 Å². The van der Waals surface area contributed by atoms with Gasteiger partial charge in [0.25, 0.3) is 0 Å². The van der Waals surface area contributed by atoms with Gasteiger partial charge >= 0.3 is 19.8 Å². The highest BCUT2D eigenvalue weighted by Gasteiger charge is 2.37. The van der Waals surface area contributed by atoms with Gasteiger partial charge in [-0.15, -0.1) is 0 Å². The molecule has 12 heteroatoms. The predicted octanol–water partition coefficient (Wildman–Crippen LogP) is 11.0. The van der Waals surface area contributed by atoms with Crippen LogP contribution in [0.15, 0.2) is 24.3 Å². The molecule has 0 bridgehead atoms. The van der Waals surface area contributed by atoms with Gasteiger partial charge in [-0.3, -0.25) is 18.6 Å². The molecule has 0 aromatic rings. The number of alkyl halides is 1. The van der Waals surface area contributed by atoms with Gasteiger partial charge in [0, 0.05) is 18.2 Å². The highest BCUT2D eigenvalue weighted by molar-refractivity contribution is 9.09. The largest absolute Gasteiger partial charge is 0.472 e. The molecule has 0 amide bonds. The molecule has 2 aliphatic heterocycles. The maximum Gasteiger partial charge on any atom is 0.472 e. The number of phosphoric acid groups is 1. The van der Waals surface area contributed by atoms with Crippen LogP contribution in [0.3, 0.4) is 0 Å². The van der Waals surface area contributed by atoms with Crippen LogP contribution in [0.4, 0.5) is 0 Å². The van der Waals surface area contributed by atoms with Gasteiger partial charge in [0.05, 0.1) is 37.6 Å². The Morgan fingerprint density at radius 1 is 0.660 bits per heavy atom. The lowest BCUT2D eigenvalue weighted by atomic mass is 10.1. The van der Waals surface area contributed by atoms with Gasteiger partial charge in [-0.2, -0.15) is 0 Å². The van der Waals surface area contributed by atoms with E-state index >= 15 is 0 Å². The zero-order valence-electron chi connectivity index (χ0n) is 32.9. The first-order chi connectivity index (χ1) is 25.8. The van der Waals surface area contributed by atoms with Crippen LogP contribution in [-0.4, -0.2) is 72.5 Å². The van der Waals surface area contributed by atoms with Crippen molar-refractivity contribution < 1.29 is 47.0 Å². The first-order valence-corrected chi connectivity index (χ1v) is 23.5. The number of carbonyl (C=O) groups excluding carboxylic acids is 2. The number of phosphoric ester groups is 1. The molecule has 2 rings (SSSR count). The fraction of sp³-hybridized carbons (Fsp3) is 0.854. The average Bonchev–Trinajstić information content (AvgIpc) is 4.07. The molecule has 308 valence electrons. The second-order valence-corrected chi connectivity index (χ2v) is 16.8. The predicted molar refractivity (Wildman–Crippen MR) is 214 cm³/mol. The molecule has 2 saturated heterocycles. The van der Waals surface area contributed by atoms with Crippen molar-refractivity contribution in [3.05, 3.63) is 24.3 Å². The third-order valence-electron chi connectivity index (χ3n) is 9.62. The van der Waals surface area contributed by atoms with Crippen molar-refractivity contribution in [2.75, 3.05) is 25.2 Å². The topological polar surface area (TPSA) is 133 Å². The zero-order valence-corrected chi connectivity index (χ0v) is 35.4. The van der Waals surface area contributed by atoms with Gasteiger partial charge in [0.2, 0.25) is 0 Å². The number of hydrogen-bond acceptors (Lipinski definition) is 9. The summed E-state index contributed by atoms with van der Waals surface area (Å²) in [5, 5.41) is 0.357. The van der Waals surface area contributed by atoms with Crippen LogP contribution in [0.1, 0.15) is 168 Å². The van der Waals surface area contributed by atoms with Crippen molar-refractivity contribution in [1.82, 2.24) is 0 Å². The zero-order chi connectivity index (χ0) is 38.4. The Morgan fingerprint density at radius 3 is 1.70 bits per heavy atom. The number of carbonyl (C=O) groups is 2. The van der Waals surface area contributed by atoms with Crippen LogP contribution < -0.4 is 0 Å². The van der Waals surface area contributed by atoms with Gasteiger partial charge in [-0.05, 0) is 64.2 Å². The Labute approximate surface area is 329 Å². The van der Waals surface area contributed by atoms with E-state index in [9.17, 15) is 19.0 Å². The number of ether oxygens (including phenoxy) is 4. The van der Waals surface area contributed by atoms with E-state index in [4.69, 9.17) is 28.0 Å². The summed E-state index contributed by atoms with van der Waals surface area (Å²) in [6.45, 7) is 3.76. The smallest absolute Gasteiger partial charge is 0.462 e.